The summed E-state index contributed by atoms with van der Waals surface area (Å²) >= 11 is 0. The van der Waals surface area contributed by atoms with Crippen molar-refractivity contribution in [2.75, 3.05) is 26.2 Å². The molecule has 1 fully saturated rings. The van der Waals surface area contributed by atoms with Gasteiger partial charge >= 0.3 is 12.1 Å². The Bertz CT molecular complexity index is 554. The Morgan fingerprint density at radius 3 is 2.62 bits per heavy atom. The van der Waals surface area contributed by atoms with Gasteiger partial charge in [0.05, 0.1) is 24.2 Å². The van der Waals surface area contributed by atoms with Crippen LogP contribution in [0.5, 0.6) is 0 Å². The predicted molar refractivity (Wildman–Crippen MR) is 82.2 cm³/mol. The minimum atomic E-state index is -4.42. The lowest BCUT2D eigenvalue weighted by atomic mass is 9.96. The van der Waals surface area contributed by atoms with E-state index < -0.39 is 17.8 Å². The van der Waals surface area contributed by atoms with Crippen molar-refractivity contribution in [3.63, 3.8) is 0 Å². The van der Waals surface area contributed by atoms with Gasteiger partial charge in [0.25, 0.3) is 0 Å². The second kappa shape index (κ2) is 7.98. The Labute approximate surface area is 139 Å². The number of ether oxygens (including phenoxy) is 1. The monoisotopic (exact) mass is 345 g/mol. The van der Waals surface area contributed by atoms with Crippen LogP contribution in [0.3, 0.4) is 0 Å². The van der Waals surface area contributed by atoms with Gasteiger partial charge < -0.3 is 14.7 Å². The molecule has 1 N–H and O–H groups in total. The second-order valence-electron chi connectivity index (χ2n) is 5.97. The minimum Gasteiger partial charge on any atom is -0.466 e. The van der Waals surface area contributed by atoms with Crippen LogP contribution in [0.15, 0.2) is 24.3 Å². The molecule has 0 unspecified atom stereocenters. The molecule has 134 valence electrons. The number of alkyl halides is 3. The summed E-state index contributed by atoms with van der Waals surface area (Å²) in [7, 11) is 0. The molecule has 0 aromatic heterocycles. The molecule has 1 aromatic carbocycles. The van der Waals surface area contributed by atoms with E-state index in [0.29, 0.717) is 32.5 Å². The first kappa shape index (κ1) is 18.7. The number of esters is 1. The van der Waals surface area contributed by atoms with Gasteiger partial charge in [0.2, 0.25) is 0 Å². The fourth-order valence-corrected chi connectivity index (χ4v) is 2.88. The fourth-order valence-electron chi connectivity index (χ4n) is 2.88. The van der Waals surface area contributed by atoms with Crippen LogP contribution < -0.4 is 0 Å². The van der Waals surface area contributed by atoms with E-state index in [0.717, 1.165) is 12.1 Å². The van der Waals surface area contributed by atoms with Gasteiger partial charge in [-0.15, -0.1) is 0 Å². The van der Waals surface area contributed by atoms with E-state index in [-0.39, 0.29) is 24.0 Å². The number of piperidine rings is 1. The number of aliphatic hydroxyl groups excluding tert-OH is 1. The number of aliphatic hydroxyl groups is 1. The summed E-state index contributed by atoms with van der Waals surface area (Å²) in [6.07, 6.45) is -4.15. The molecule has 1 heterocycles. The van der Waals surface area contributed by atoms with Crippen molar-refractivity contribution in [2.24, 2.45) is 5.92 Å². The molecule has 1 saturated heterocycles. The van der Waals surface area contributed by atoms with Crippen LogP contribution in [0, 0.1) is 5.92 Å². The maximum absolute atomic E-state index is 12.7. The van der Waals surface area contributed by atoms with Gasteiger partial charge in [-0.05, 0) is 50.6 Å². The second-order valence-corrected chi connectivity index (χ2v) is 5.97. The van der Waals surface area contributed by atoms with Crippen LogP contribution in [0.25, 0.3) is 0 Å². The maximum Gasteiger partial charge on any atom is 0.416 e. The molecule has 0 radical (unpaired) electrons. The summed E-state index contributed by atoms with van der Waals surface area (Å²) in [4.78, 5) is 13.6. The van der Waals surface area contributed by atoms with E-state index >= 15 is 0 Å². The van der Waals surface area contributed by atoms with Crippen molar-refractivity contribution >= 4 is 5.97 Å². The zero-order chi connectivity index (χ0) is 17.7. The number of hydrogen-bond donors (Lipinski definition) is 1. The first-order valence-electron chi connectivity index (χ1n) is 8.05. The van der Waals surface area contributed by atoms with Crippen LogP contribution in [-0.2, 0) is 15.7 Å². The van der Waals surface area contributed by atoms with Crippen molar-refractivity contribution in [2.45, 2.75) is 32.0 Å². The van der Waals surface area contributed by atoms with E-state index in [9.17, 15) is 23.1 Å². The molecule has 0 saturated carbocycles. The maximum atomic E-state index is 12.7. The quantitative estimate of drug-likeness (QED) is 0.834. The van der Waals surface area contributed by atoms with Crippen molar-refractivity contribution in [3.8, 4) is 0 Å². The number of benzene rings is 1. The number of β-amino-alcohol motifs (C(OH)–C–C–N with tert-alkyl or cyclic N) is 1. The highest BCUT2D eigenvalue weighted by atomic mass is 19.4. The Morgan fingerprint density at radius 1 is 1.38 bits per heavy atom. The average molecular weight is 345 g/mol. The molecule has 4 nitrogen and oxygen atoms in total. The van der Waals surface area contributed by atoms with Gasteiger partial charge in [0.1, 0.15) is 0 Å². The van der Waals surface area contributed by atoms with Gasteiger partial charge in [-0.25, -0.2) is 0 Å². The predicted octanol–water partition coefficient (Wildman–Crippen LogP) is 3.01. The Kier molecular flexibility index (Phi) is 6.23. The number of nitrogens with zero attached hydrogens (tertiary/aromatic N) is 1. The summed E-state index contributed by atoms with van der Waals surface area (Å²) in [5, 5.41) is 10.2. The molecular weight excluding hydrogens is 323 g/mol. The largest absolute Gasteiger partial charge is 0.466 e. The molecule has 7 heteroatoms. The third-order valence-electron chi connectivity index (χ3n) is 4.24. The topological polar surface area (TPSA) is 49.8 Å². The zero-order valence-corrected chi connectivity index (χ0v) is 13.6. The number of hydrogen-bond acceptors (Lipinski definition) is 4. The highest BCUT2D eigenvalue weighted by Crippen LogP contribution is 2.31. The van der Waals surface area contributed by atoms with Crippen LogP contribution in [0.1, 0.15) is 37.0 Å². The van der Waals surface area contributed by atoms with E-state index in [1.807, 2.05) is 4.90 Å². The molecule has 1 atom stereocenters. The molecule has 0 spiro atoms. The lowest BCUT2D eigenvalue weighted by molar-refractivity contribution is -0.149. The number of carbonyl (C=O) groups excluding carboxylic acids is 1. The summed E-state index contributed by atoms with van der Waals surface area (Å²) < 4.78 is 43.2. The summed E-state index contributed by atoms with van der Waals surface area (Å²) in [5.41, 5.74) is -0.516. The Morgan fingerprint density at radius 2 is 2.04 bits per heavy atom. The smallest absolute Gasteiger partial charge is 0.416 e. The lowest BCUT2D eigenvalue weighted by Gasteiger charge is -2.32. The van der Waals surface area contributed by atoms with Gasteiger partial charge in [-0.3, -0.25) is 4.79 Å². The van der Waals surface area contributed by atoms with Crippen LogP contribution >= 0.6 is 0 Å². The molecule has 24 heavy (non-hydrogen) atoms. The molecule has 1 aliphatic heterocycles. The third kappa shape index (κ3) is 4.95. The number of rotatable bonds is 5. The molecule has 1 aliphatic rings. The van der Waals surface area contributed by atoms with E-state index in [1.54, 1.807) is 6.92 Å². The summed E-state index contributed by atoms with van der Waals surface area (Å²) in [5.74, 6) is -0.331. The van der Waals surface area contributed by atoms with E-state index in [1.165, 1.54) is 12.1 Å². The molecule has 0 bridgehead atoms. The van der Waals surface area contributed by atoms with E-state index in [4.69, 9.17) is 4.74 Å². The Hall–Kier alpha value is -1.60. The van der Waals surface area contributed by atoms with Crippen molar-refractivity contribution < 1.29 is 27.8 Å². The molecular formula is C17H22F3NO3. The average Bonchev–Trinajstić information content (AvgIpc) is 2.55. The molecule has 1 aromatic rings. The van der Waals surface area contributed by atoms with Crippen LogP contribution in [0.2, 0.25) is 0 Å². The van der Waals surface area contributed by atoms with Gasteiger partial charge in [-0.1, -0.05) is 12.1 Å². The minimum absolute atomic E-state index is 0.132. The first-order valence-corrected chi connectivity index (χ1v) is 8.05. The standard InChI is InChI=1S/C17H22F3NO3/c1-2-24-16(23)12-6-8-21(9-7-12)11-15(22)13-4-3-5-14(10-13)17(18,19)20/h3-5,10,12,15,22H,2,6-9,11H2,1H3/t15-/m0/s1. The number of carbonyl (C=O) groups is 1. The van der Waals surface area contributed by atoms with Gasteiger partial charge in [0.15, 0.2) is 0 Å². The highest BCUT2D eigenvalue weighted by molar-refractivity contribution is 5.72. The van der Waals surface area contributed by atoms with Crippen LogP contribution in [0.4, 0.5) is 13.2 Å². The molecule has 2 rings (SSSR count). The summed E-state index contributed by atoms with van der Waals surface area (Å²) in [6, 6.07) is 4.76. The van der Waals surface area contributed by atoms with Crippen molar-refractivity contribution in [3.05, 3.63) is 35.4 Å². The lowest BCUT2D eigenvalue weighted by Crippen LogP contribution is -2.39. The zero-order valence-electron chi connectivity index (χ0n) is 13.6. The molecule has 0 amide bonds. The van der Waals surface area contributed by atoms with Crippen molar-refractivity contribution in [1.82, 2.24) is 4.90 Å². The number of likely N-dealkylation sites (tertiary alicyclic amines) is 1. The summed E-state index contributed by atoms with van der Waals surface area (Å²) in [6.45, 7) is 3.58. The van der Waals surface area contributed by atoms with Crippen LogP contribution in [-0.4, -0.2) is 42.2 Å². The first-order chi connectivity index (χ1) is 11.3. The molecule has 0 aliphatic carbocycles. The Balaban J connectivity index is 1.90. The fraction of sp³-hybridized carbons (Fsp3) is 0.588. The highest BCUT2D eigenvalue weighted by Gasteiger charge is 2.31. The number of halogens is 3. The normalized spacial score (nSPS) is 18.4. The SMILES string of the molecule is CCOC(=O)C1CCN(C[C@H](O)c2cccc(C(F)(F)F)c2)CC1. The third-order valence-corrected chi connectivity index (χ3v) is 4.24. The van der Waals surface area contributed by atoms with E-state index in [2.05, 4.69) is 0 Å². The van der Waals surface area contributed by atoms with Crippen molar-refractivity contribution in [1.29, 1.82) is 0 Å². The van der Waals surface area contributed by atoms with Gasteiger partial charge in [0, 0.05) is 6.54 Å². The van der Waals surface area contributed by atoms with Gasteiger partial charge in [-0.2, -0.15) is 13.2 Å².